The summed E-state index contributed by atoms with van der Waals surface area (Å²) in [5.74, 6) is 2.22. The number of unbranched alkanes of at least 4 members (excludes halogenated alkanes) is 1. The Balaban J connectivity index is 1.85. The molecule has 3 rings (SSSR count). The van der Waals surface area contributed by atoms with E-state index in [-0.39, 0.29) is 5.82 Å². The Bertz CT molecular complexity index is 593. The normalized spacial score (nSPS) is 14.5. The summed E-state index contributed by atoms with van der Waals surface area (Å²) in [6.07, 6.45) is 4.31. The summed E-state index contributed by atoms with van der Waals surface area (Å²) >= 11 is 0. The van der Waals surface area contributed by atoms with Gasteiger partial charge >= 0.3 is 0 Å². The average molecular weight is 275 g/mol. The molecular formula is C15H18FN3O. The molecule has 1 aromatic carbocycles. The molecule has 1 aliphatic carbocycles. The first-order valence-corrected chi connectivity index (χ1v) is 7.13. The monoisotopic (exact) mass is 275 g/mol. The number of H-pyrrole nitrogens is 1. The number of nitrogens with zero attached hydrogens (tertiary/aromatic N) is 2. The van der Waals surface area contributed by atoms with Crippen LogP contribution >= 0.6 is 0 Å². The van der Waals surface area contributed by atoms with Gasteiger partial charge in [-0.25, -0.2) is 9.37 Å². The van der Waals surface area contributed by atoms with Gasteiger partial charge in [0.05, 0.1) is 12.2 Å². The molecule has 5 heteroatoms. The van der Waals surface area contributed by atoms with Crippen molar-refractivity contribution >= 4 is 0 Å². The van der Waals surface area contributed by atoms with Crippen LogP contribution in [0.5, 0.6) is 5.75 Å². The van der Waals surface area contributed by atoms with E-state index in [1.165, 1.54) is 12.1 Å². The number of hydrogen-bond donors (Lipinski definition) is 1. The number of nitrogens with one attached hydrogen (secondary N) is 1. The Labute approximate surface area is 117 Å². The van der Waals surface area contributed by atoms with Crippen molar-refractivity contribution in [3.05, 3.63) is 29.8 Å². The Morgan fingerprint density at radius 1 is 1.40 bits per heavy atom. The third-order valence-corrected chi connectivity index (χ3v) is 3.41. The SMILES string of the molecule is CCCCOc1cc(F)ccc1-c1n[nH]c(C2CC2)n1. The molecule has 0 spiro atoms. The van der Waals surface area contributed by atoms with Crippen LogP contribution < -0.4 is 4.74 Å². The summed E-state index contributed by atoms with van der Waals surface area (Å²) in [5.41, 5.74) is 0.741. The summed E-state index contributed by atoms with van der Waals surface area (Å²) in [6, 6.07) is 4.49. The molecule has 4 nitrogen and oxygen atoms in total. The first-order chi connectivity index (χ1) is 9.78. The van der Waals surface area contributed by atoms with Gasteiger partial charge in [-0.3, -0.25) is 5.10 Å². The number of aromatic amines is 1. The molecule has 0 atom stereocenters. The molecule has 1 aliphatic rings. The van der Waals surface area contributed by atoms with Crippen molar-refractivity contribution in [2.75, 3.05) is 6.61 Å². The Morgan fingerprint density at radius 2 is 2.25 bits per heavy atom. The first-order valence-electron chi connectivity index (χ1n) is 7.13. The van der Waals surface area contributed by atoms with E-state index in [0.29, 0.717) is 24.1 Å². The summed E-state index contributed by atoms with van der Waals surface area (Å²) in [7, 11) is 0. The van der Waals surface area contributed by atoms with Crippen LogP contribution in [-0.2, 0) is 0 Å². The van der Waals surface area contributed by atoms with Crippen molar-refractivity contribution in [3.8, 4) is 17.1 Å². The summed E-state index contributed by atoms with van der Waals surface area (Å²) in [5, 5.41) is 7.19. The lowest BCUT2D eigenvalue weighted by Gasteiger charge is -2.09. The molecule has 0 bridgehead atoms. The van der Waals surface area contributed by atoms with Crippen LogP contribution in [0.4, 0.5) is 4.39 Å². The first kappa shape index (κ1) is 13.1. The van der Waals surface area contributed by atoms with Crippen LogP contribution in [0.3, 0.4) is 0 Å². The summed E-state index contributed by atoms with van der Waals surface area (Å²) in [4.78, 5) is 4.49. The van der Waals surface area contributed by atoms with Crippen LogP contribution in [0.25, 0.3) is 11.4 Å². The van der Waals surface area contributed by atoms with Crippen molar-refractivity contribution in [3.63, 3.8) is 0 Å². The molecule has 0 saturated heterocycles. The molecular weight excluding hydrogens is 257 g/mol. The van der Waals surface area contributed by atoms with Gasteiger partial charge in [0.15, 0.2) is 5.82 Å². The Hall–Kier alpha value is -1.91. The molecule has 2 aromatic rings. The van der Waals surface area contributed by atoms with Gasteiger partial charge in [-0.15, -0.1) is 0 Å². The van der Waals surface area contributed by atoms with Gasteiger partial charge in [0, 0.05) is 12.0 Å². The number of benzene rings is 1. The van der Waals surface area contributed by atoms with Gasteiger partial charge in [-0.1, -0.05) is 13.3 Å². The topological polar surface area (TPSA) is 50.8 Å². The Morgan fingerprint density at radius 3 is 3.00 bits per heavy atom. The van der Waals surface area contributed by atoms with Crippen LogP contribution in [0.2, 0.25) is 0 Å². The molecule has 1 aromatic heterocycles. The van der Waals surface area contributed by atoms with Gasteiger partial charge in [-0.2, -0.15) is 5.10 Å². The van der Waals surface area contributed by atoms with E-state index in [1.807, 2.05) is 0 Å². The van der Waals surface area contributed by atoms with Crippen LogP contribution in [0.15, 0.2) is 18.2 Å². The lowest BCUT2D eigenvalue weighted by Crippen LogP contribution is -1.99. The lowest BCUT2D eigenvalue weighted by molar-refractivity contribution is 0.309. The lowest BCUT2D eigenvalue weighted by atomic mass is 10.2. The minimum Gasteiger partial charge on any atom is -0.493 e. The fraction of sp³-hybridized carbons (Fsp3) is 0.467. The molecule has 1 heterocycles. The largest absolute Gasteiger partial charge is 0.493 e. The minimum atomic E-state index is -0.307. The second kappa shape index (κ2) is 5.61. The van der Waals surface area contributed by atoms with Gasteiger partial charge < -0.3 is 4.74 Å². The number of rotatable bonds is 6. The molecule has 106 valence electrons. The summed E-state index contributed by atoms with van der Waals surface area (Å²) in [6.45, 7) is 2.67. The van der Waals surface area contributed by atoms with Crippen molar-refractivity contribution in [1.82, 2.24) is 15.2 Å². The number of hydrogen-bond acceptors (Lipinski definition) is 3. The maximum atomic E-state index is 13.4. The van der Waals surface area contributed by atoms with E-state index in [2.05, 4.69) is 22.1 Å². The van der Waals surface area contributed by atoms with E-state index in [1.54, 1.807) is 6.07 Å². The summed E-state index contributed by atoms with van der Waals surface area (Å²) < 4.78 is 19.1. The van der Waals surface area contributed by atoms with Gasteiger partial charge in [0.1, 0.15) is 17.4 Å². The Kier molecular flexibility index (Phi) is 3.67. The van der Waals surface area contributed by atoms with Gasteiger partial charge in [0.25, 0.3) is 0 Å². The van der Waals surface area contributed by atoms with Gasteiger partial charge in [-0.05, 0) is 31.4 Å². The minimum absolute atomic E-state index is 0.307. The predicted octanol–water partition coefficient (Wildman–Crippen LogP) is 3.67. The van der Waals surface area contributed by atoms with Crippen LogP contribution in [-0.4, -0.2) is 21.8 Å². The molecule has 1 saturated carbocycles. The van der Waals surface area contributed by atoms with E-state index < -0.39 is 0 Å². The van der Waals surface area contributed by atoms with E-state index >= 15 is 0 Å². The highest BCUT2D eigenvalue weighted by atomic mass is 19.1. The quantitative estimate of drug-likeness (QED) is 0.818. The zero-order valence-corrected chi connectivity index (χ0v) is 11.5. The number of aromatic nitrogens is 3. The highest BCUT2D eigenvalue weighted by molar-refractivity contribution is 5.63. The highest BCUT2D eigenvalue weighted by Crippen LogP contribution is 2.39. The maximum absolute atomic E-state index is 13.4. The third kappa shape index (κ3) is 2.81. The standard InChI is InChI=1S/C15H18FN3O/c1-2-3-8-20-13-9-11(16)6-7-12(13)15-17-14(18-19-15)10-4-5-10/h6-7,9-10H,2-5,8H2,1H3,(H,17,18,19). The average Bonchev–Trinajstić information content (AvgIpc) is 3.18. The van der Waals surface area contributed by atoms with Crippen molar-refractivity contribution in [1.29, 1.82) is 0 Å². The number of halogens is 1. The zero-order valence-electron chi connectivity index (χ0n) is 11.5. The van der Waals surface area contributed by atoms with Crippen LogP contribution in [0, 0.1) is 5.82 Å². The second-order valence-electron chi connectivity index (χ2n) is 5.16. The van der Waals surface area contributed by atoms with E-state index in [9.17, 15) is 4.39 Å². The van der Waals surface area contributed by atoms with Crippen molar-refractivity contribution in [2.24, 2.45) is 0 Å². The predicted molar refractivity (Wildman–Crippen MR) is 74.2 cm³/mol. The fourth-order valence-electron chi connectivity index (χ4n) is 2.06. The fourth-order valence-corrected chi connectivity index (χ4v) is 2.06. The number of ether oxygens (including phenoxy) is 1. The van der Waals surface area contributed by atoms with Crippen molar-refractivity contribution in [2.45, 2.75) is 38.5 Å². The molecule has 1 N–H and O–H groups in total. The molecule has 0 radical (unpaired) electrons. The third-order valence-electron chi connectivity index (χ3n) is 3.41. The molecule has 0 unspecified atom stereocenters. The second-order valence-corrected chi connectivity index (χ2v) is 5.16. The smallest absolute Gasteiger partial charge is 0.184 e. The van der Waals surface area contributed by atoms with Crippen molar-refractivity contribution < 1.29 is 9.13 Å². The molecule has 0 aliphatic heterocycles. The highest BCUT2D eigenvalue weighted by Gasteiger charge is 2.27. The molecule has 20 heavy (non-hydrogen) atoms. The van der Waals surface area contributed by atoms with Gasteiger partial charge in [0.2, 0.25) is 0 Å². The molecule has 0 amide bonds. The van der Waals surface area contributed by atoms with E-state index in [4.69, 9.17) is 4.74 Å². The van der Waals surface area contributed by atoms with E-state index in [0.717, 1.165) is 37.1 Å². The molecule has 1 fully saturated rings. The maximum Gasteiger partial charge on any atom is 0.184 e. The zero-order chi connectivity index (χ0) is 13.9. The van der Waals surface area contributed by atoms with Crippen LogP contribution in [0.1, 0.15) is 44.3 Å².